The number of nitrogens with one attached hydrogen (secondary N) is 1. The lowest BCUT2D eigenvalue weighted by molar-refractivity contribution is 1.03. The fourth-order valence-electron chi connectivity index (χ4n) is 2.16. The molecule has 0 bridgehead atoms. The molecular weight excluding hydrogens is 256 g/mol. The monoisotopic (exact) mass is 268 g/mol. The minimum atomic E-state index is 0.752. The van der Waals surface area contributed by atoms with Gasteiger partial charge in [0.05, 0.1) is 0 Å². The average molecular weight is 269 g/mol. The molecule has 2 aromatic carbocycles. The lowest BCUT2D eigenvalue weighted by atomic mass is 9.97. The zero-order valence-corrected chi connectivity index (χ0v) is 11.1. The van der Waals surface area contributed by atoms with Crippen molar-refractivity contribution in [1.82, 2.24) is 9.97 Å². The Kier molecular flexibility index (Phi) is 3.34. The third kappa shape index (κ3) is 2.69. The Balaban J connectivity index is 2.05. The summed E-state index contributed by atoms with van der Waals surface area (Å²) in [4.78, 5) is 7.42. The molecule has 0 fully saturated rings. The van der Waals surface area contributed by atoms with Crippen LogP contribution in [0.4, 0.5) is 0 Å². The molecular formula is C16H13ClN2. The number of nitrogens with zero attached hydrogens (tertiary/aromatic N) is 1. The lowest BCUT2D eigenvalue weighted by Crippen LogP contribution is -1.94. The highest BCUT2D eigenvalue weighted by molar-refractivity contribution is 6.30. The summed E-state index contributed by atoms with van der Waals surface area (Å²) >= 11 is 6.13. The summed E-state index contributed by atoms with van der Waals surface area (Å²) in [5.74, 6) is 0.958. The number of aromatic amines is 1. The molecule has 0 saturated heterocycles. The van der Waals surface area contributed by atoms with E-state index >= 15 is 0 Å². The number of hydrogen-bond donors (Lipinski definition) is 1. The van der Waals surface area contributed by atoms with Crippen LogP contribution in [-0.4, -0.2) is 9.97 Å². The fraction of sp³-hybridized carbons (Fsp3) is 0.0625. The summed E-state index contributed by atoms with van der Waals surface area (Å²) in [5.41, 5.74) is 3.54. The van der Waals surface area contributed by atoms with E-state index in [-0.39, 0.29) is 0 Å². The number of hydrogen-bond acceptors (Lipinski definition) is 1. The normalized spacial score (nSPS) is 10.6. The zero-order valence-electron chi connectivity index (χ0n) is 10.3. The van der Waals surface area contributed by atoms with Crippen LogP contribution in [0.25, 0.3) is 11.1 Å². The average Bonchev–Trinajstić information content (AvgIpc) is 2.95. The molecule has 0 saturated carbocycles. The van der Waals surface area contributed by atoms with Crippen molar-refractivity contribution >= 4 is 11.6 Å². The van der Waals surface area contributed by atoms with Crippen LogP contribution in [0.2, 0.25) is 5.02 Å². The summed E-state index contributed by atoms with van der Waals surface area (Å²) < 4.78 is 0. The van der Waals surface area contributed by atoms with Crippen molar-refractivity contribution in [3.63, 3.8) is 0 Å². The van der Waals surface area contributed by atoms with Gasteiger partial charge in [0, 0.05) is 23.8 Å². The van der Waals surface area contributed by atoms with Crippen molar-refractivity contribution < 1.29 is 0 Å². The third-order valence-electron chi connectivity index (χ3n) is 3.07. The SMILES string of the molecule is Clc1ccc(Cc2ncc[nH]2)c(-c2ccccc2)c1. The van der Waals surface area contributed by atoms with Gasteiger partial charge in [-0.15, -0.1) is 0 Å². The van der Waals surface area contributed by atoms with Crippen LogP contribution in [0.5, 0.6) is 0 Å². The predicted molar refractivity (Wildman–Crippen MR) is 78.3 cm³/mol. The van der Waals surface area contributed by atoms with Gasteiger partial charge in [-0.3, -0.25) is 0 Å². The zero-order chi connectivity index (χ0) is 13.1. The van der Waals surface area contributed by atoms with E-state index in [2.05, 4.69) is 28.2 Å². The molecule has 0 radical (unpaired) electrons. The minimum absolute atomic E-state index is 0.752. The first kappa shape index (κ1) is 12.0. The Hall–Kier alpha value is -2.06. The van der Waals surface area contributed by atoms with Gasteiger partial charge in [-0.25, -0.2) is 4.98 Å². The van der Waals surface area contributed by atoms with Crippen LogP contribution in [0, 0.1) is 0 Å². The molecule has 0 amide bonds. The maximum absolute atomic E-state index is 6.13. The molecule has 3 aromatic rings. The van der Waals surface area contributed by atoms with E-state index in [1.807, 2.05) is 36.5 Å². The molecule has 0 unspecified atom stereocenters. The number of H-pyrrole nitrogens is 1. The van der Waals surface area contributed by atoms with Gasteiger partial charge in [-0.1, -0.05) is 48.0 Å². The van der Waals surface area contributed by atoms with E-state index in [0.717, 1.165) is 22.8 Å². The van der Waals surface area contributed by atoms with Crippen LogP contribution in [0.3, 0.4) is 0 Å². The Morgan fingerprint density at radius 2 is 1.89 bits per heavy atom. The summed E-state index contributed by atoms with van der Waals surface area (Å²) in [6.07, 6.45) is 4.38. The van der Waals surface area contributed by atoms with Crippen molar-refractivity contribution in [2.75, 3.05) is 0 Å². The second-order valence-corrected chi connectivity index (χ2v) is 4.82. The minimum Gasteiger partial charge on any atom is -0.348 e. The molecule has 0 atom stereocenters. The van der Waals surface area contributed by atoms with Gasteiger partial charge >= 0.3 is 0 Å². The van der Waals surface area contributed by atoms with Crippen LogP contribution in [-0.2, 0) is 6.42 Å². The van der Waals surface area contributed by atoms with Crippen LogP contribution in [0.1, 0.15) is 11.4 Å². The highest BCUT2D eigenvalue weighted by Gasteiger charge is 2.07. The van der Waals surface area contributed by atoms with Gasteiger partial charge in [0.25, 0.3) is 0 Å². The fourth-order valence-corrected chi connectivity index (χ4v) is 2.34. The van der Waals surface area contributed by atoms with E-state index in [1.54, 1.807) is 6.20 Å². The van der Waals surface area contributed by atoms with Crippen molar-refractivity contribution in [2.45, 2.75) is 6.42 Å². The van der Waals surface area contributed by atoms with Crippen LogP contribution >= 0.6 is 11.6 Å². The highest BCUT2D eigenvalue weighted by atomic mass is 35.5. The van der Waals surface area contributed by atoms with Gasteiger partial charge in [0.1, 0.15) is 5.82 Å². The number of imidazole rings is 1. The molecule has 19 heavy (non-hydrogen) atoms. The molecule has 0 aliphatic carbocycles. The van der Waals surface area contributed by atoms with Crippen LogP contribution in [0.15, 0.2) is 60.9 Å². The molecule has 3 heteroatoms. The maximum Gasteiger partial charge on any atom is 0.110 e. The predicted octanol–water partition coefficient (Wildman–Crippen LogP) is 4.32. The maximum atomic E-state index is 6.13. The Morgan fingerprint density at radius 1 is 1.05 bits per heavy atom. The van der Waals surface area contributed by atoms with E-state index in [0.29, 0.717) is 0 Å². The summed E-state index contributed by atoms with van der Waals surface area (Å²) in [6.45, 7) is 0. The molecule has 0 aliphatic heterocycles. The van der Waals surface area contributed by atoms with E-state index < -0.39 is 0 Å². The number of halogens is 1. The lowest BCUT2D eigenvalue weighted by Gasteiger charge is -2.09. The Bertz CT molecular complexity index is 660. The highest BCUT2D eigenvalue weighted by Crippen LogP contribution is 2.28. The molecule has 0 spiro atoms. The van der Waals surface area contributed by atoms with Gasteiger partial charge in [-0.2, -0.15) is 0 Å². The van der Waals surface area contributed by atoms with Crippen molar-refractivity contribution in [3.05, 3.63) is 77.3 Å². The Morgan fingerprint density at radius 3 is 2.63 bits per heavy atom. The molecule has 94 valence electrons. The summed E-state index contributed by atoms with van der Waals surface area (Å²) in [5, 5.41) is 0.752. The van der Waals surface area contributed by atoms with Gasteiger partial charge < -0.3 is 4.98 Å². The van der Waals surface area contributed by atoms with Crippen LogP contribution < -0.4 is 0 Å². The number of benzene rings is 2. The topological polar surface area (TPSA) is 28.7 Å². The van der Waals surface area contributed by atoms with E-state index in [9.17, 15) is 0 Å². The van der Waals surface area contributed by atoms with Gasteiger partial charge in [-0.05, 0) is 28.8 Å². The molecule has 1 N–H and O–H groups in total. The van der Waals surface area contributed by atoms with E-state index in [1.165, 1.54) is 11.1 Å². The van der Waals surface area contributed by atoms with E-state index in [4.69, 9.17) is 11.6 Å². The molecule has 3 rings (SSSR count). The smallest absolute Gasteiger partial charge is 0.110 e. The van der Waals surface area contributed by atoms with Crippen molar-refractivity contribution in [2.24, 2.45) is 0 Å². The van der Waals surface area contributed by atoms with Gasteiger partial charge in [0.2, 0.25) is 0 Å². The second-order valence-electron chi connectivity index (χ2n) is 4.38. The first-order valence-electron chi connectivity index (χ1n) is 6.15. The molecule has 1 aromatic heterocycles. The van der Waals surface area contributed by atoms with Gasteiger partial charge in [0.15, 0.2) is 0 Å². The number of rotatable bonds is 3. The quantitative estimate of drug-likeness (QED) is 0.753. The molecule has 1 heterocycles. The molecule has 0 aliphatic rings. The number of aromatic nitrogens is 2. The first-order valence-corrected chi connectivity index (χ1v) is 6.53. The second kappa shape index (κ2) is 5.29. The molecule has 2 nitrogen and oxygen atoms in total. The first-order chi connectivity index (χ1) is 9.33. The summed E-state index contributed by atoms with van der Waals surface area (Å²) in [6, 6.07) is 16.3. The van der Waals surface area contributed by atoms with Crippen molar-refractivity contribution in [3.8, 4) is 11.1 Å². The van der Waals surface area contributed by atoms with Crippen molar-refractivity contribution in [1.29, 1.82) is 0 Å². The largest absolute Gasteiger partial charge is 0.348 e. The summed E-state index contributed by atoms with van der Waals surface area (Å²) in [7, 11) is 0. The third-order valence-corrected chi connectivity index (χ3v) is 3.30. The Labute approximate surface area is 117 Å². The standard InChI is InChI=1S/C16H13ClN2/c17-14-7-6-13(10-16-18-8-9-19-16)15(11-14)12-4-2-1-3-5-12/h1-9,11H,10H2,(H,18,19).